The average Bonchev–Trinajstić information content (AvgIpc) is 2.56. The van der Waals surface area contributed by atoms with E-state index in [1.165, 1.54) is 38.5 Å². The summed E-state index contributed by atoms with van der Waals surface area (Å²) in [6.45, 7) is 1.09. The van der Waals surface area contributed by atoms with Crippen molar-refractivity contribution in [2.75, 3.05) is 11.9 Å². The Bertz CT molecular complexity index is 319. The second-order valence-corrected chi connectivity index (χ2v) is 5.33. The second kappa shape index (κ2) is 6.24. The maximum absolute atomic E-state index is 4.22. The molecule has 0 aromatic carbocycles. The van der Waals surface area contributed by atoms with Crippen LogP contribution in [0, 0.1) is 5.92 Å². The van der Waals surface area contributed by atoms with Crippen LogP contribution in [0.25, 0.3) is 0 Å². The van der Waals surface area contributed by atoms with Gasteiger partial charge in [-0.3, -0.25) is 0 Å². The lowest BCUT2D eigenvalue weighted by atomic mass is 10.0. The lowest BCUT2D eigenvalue weighted by Crippen LogP contribution is -2.14. The highest BCUT2D eigenvalue weighted by molar-refractivity contribution is 9.10. The van der Waals surface area contributed by atoms with Crippen molar-refractivity contribution in [2.45, 2.75) is 38.5 Å². The normalized spacial score (nSPS) is 18.1. The standard InChI is InChI=1S/C13H19BrN2/c14-13-12(8-5-9-15-13)16-10-11-6-3-1-2-4-7-11/h5,8-9,11,16H,1-4,6-7,10H2. The van der Waals surface area contributed by atoms with Crippen LogP contribution >= 0.6 is 15.9 Å². The van der Waals surface area contributed by atoms with Crippen LogP contribution in [0.2, 0.25) is 0 Å². The number of rotatable bonds is 3. The maximum atomic E-state index is 4.22. The summed E-state index contributed by atoms with van der Waals surface area (Å²) in [4.78, 5) is 4.22. The number of hydrogen-bond donors (Lipinski definition) is 1. The van der Waals surface area contributed by atoms with E-state index in [2.05, 4.69) is 32.3 Å². The first-order valence-corrected chi connectivity index (χ1v) is 7.00. The Morgan fingerprint density at radius 1 is 1.25 bits per heavy atom. The third-order valence-corrected chi connectivity index (χ3v) is 3.95. The minimum absolute atomic E-state index is 0.842. The van der Waals surface area contributed by atoms with Crippen molar-refractivity contribution in [3.8, 4) is 0 Å². The van der Waals surface area contributed by atoms with Crippen molar-refractivity contribution in [1.29, 1.82) is 0 Å². The van der Waals surface area contributed by atoms with E-state index in [-0.39, 0.29) is 0 Å². The molecular weight excluding hydrogens is 264 g/mol. The van der Waals surface area contributed by atoms with Crippen molar-refractivity contribution < 1.29 is 0 Å². The van der Waals surface area contributed by atoms with Crippen LogP contribution in [0.5, 0.6) is 0 Å². The zero-order valence-electron chi connectivity index (χ0n) is 9.58. The summed E-state index contributed by atoms with van der Waals surface area (Å²) in [7, 11) is 0. The fourth-order valence-electron chi connectivity index (χ4n) is 2.34. The van der Waals surface area contributed by atoms with Crippen LogP contribution < -0.4 is 5.32 Å². The van der Waals surface area contributed by atoms with Gasteiger partial charge in [-0.25, -0.2) is 4.98 Å². The Morgan fingerprint density at radius 3 is 2.69 bits per heavy atom. The Morgan fingerprint density at radius 2 is 2.00 bits per heavy atom. The monoisotopic (exact) mass is 282 g/mol. The molecule has 1 fully saturated rings. The molecule has 0 radical (unpaired) electrons. The van der Waals surface area contributed by atoms with Gasteiger partial charge in [-0.1, -0.05) is 25.7 Å². The summed E-state index contributed by atoms with van der Waals surface area (Å²) in [5.74, 6) is 0.842. The van der Waals surface area contributed by atoms with Crippen LogP contribution in [-0.4, -0.2) is 11.5 Å². The second-order valence-electron chi connectivity index (χ2n) is 4.58. The molecule has 0 unspecified atom stereocenters. The van der Waals surface area contributed by atoms with Crippen molar-refractivity contribution in [2.24, 2.45) is 5.92 Å². The number of anilines is 1. The van der Waals surface area contributed by atoms with E-state index < -0.39 is 0 Å². The molecule has 2 rings (SSSR count). The van der Waals surface area contributed by atoms with E-state index in [9.17, 15) is 0 Å². The van der Waals surface area contributed by atoms with E-state index >= 15 is 0 Å². The molecule has 0 spiro atoms. The van der Waals surface area contributed by atoms with Gasteiger partial charge < -0.3 is 5.32 Å². The number of aromatic nitrogens is 1. The van der Waals surface area contributed by atoms with Crippen molar-refractivity contribution >= 4 is 21.6 Å². The Hall–Kier alpha value is -0.570. The number of hydrogen-bond acceptors (Lipinski definition) is 2. The highest BCUT2D eigenvalue weighted by atomic mass is 79.9. The van der Waals surface area contributed by atoms with E-state index in [4.69, 9.17) is 0 Å². The summed E-state index contributed by atoms with van der Waals surface area (Å²) in [6, 6.07) is 4.05. The highest BCUT2D eigenvalue weighted by Crippen LogP contribution is 2.24. The first kappa shape index (κ1) is 11.9. The van der Waals surface area contributed by atoms with E-state index in [1.807, 2.05) is 6.07 Å². The zero-order chi connectivity index (χ0) is 11.2. The van der Waals surface area contributed by atoms with E-state index in [0.29, 0.717) is 0 Å². The molecular formula is C13H19BrN2. The summed E-state index contributed by atoms with van der Waals surface area (Å²) in [5.41, 5.74) is 1.12. The lowest BCUT2D eigenvalue weighted by molar-refractivity contribution is 0.483. The van der Waals surface area contributed by atoms with Gasteiger partial charge in [-0.2, -0.15) is 0 Å². The van der Waals surface area contributed by atoms with Crippen LogP contribution in [0.4, 0.5) is 5.69 Å². The maximum Gasteiger partial charge on any atom is 0.129 e. The average molecular weight is 283 g/mol. The molecule has 16 heavy (non-hydrogen) atoms. The van der Waals surface area contributed by atoms with Gasteiger partial charge in [0.25, 0.3) is 0 Å². The molecule has 0 amide bonds. The Labute approximate surface area is 106 Å². The van der Waals surface area contributed by atoms with Gasteiger partial charge in [-0.15, -0.1) is 0 Å². The van der Waals surface area contributed by atoms with Crippen molar-refractivity contribution in [3.05, 3.63) is 22.9 Å². The van der Waals surface area contributed by atoms with Gasteiger partial charge >= 0.3 is 0 Å². The van der Waals surface area contributed by atoms with Gasteiger partial charge in [0.15, 0.2) is 0 Å². The third kappa shape index (κ3) is 3.48. The molecule has 1 aliphatic carbocycles. The quantitative estimate of drug-likeness (QED) is 0.663. The van der Waals surface area contributed by atoms with Crippen LogP contribution in [0.15, 0.2) is 22.9 Å². The topological polar surface area (TPSA) is 24.9 Å². The summed E-state index contributed by atoms with van der Waals surface area (Å²) in [6.07, 6.45) is 10.2. The first-order chi connectivity index (χ1) is 7.86. The van der Waals surface area contributed by atoms with Gasteiger partial charge in [0.2, 0.25) is 0 Å². The molecule has 3 heteroatoms. The molecule has 0 saturated heterocycles. The van der Waals surface area contributed by atoms with Gasteiger partial charge in [0.05, 0.1) is 5.69 Å². The van der Waals surface area contributed by atoms with Crippen LogP contribution in [0.3, 0.4) is 0 Å². The predicted octanol–water partition coefficient (Wildman–Crippen LogP) is 4.23. The molecule has 1 aromatic heterocycles. The molecule has 1 aliphatic rings. The van der Waals surface area contributed by atoms with Gasteiger partial charge in [-0.05, 0) is 46.8 Å². The number of pyridine rings is 1. The Balaban J connectivity index is 1.84. The minimum Gasteiger partial charge on any atom is -0.383 e. The van der Waals surface area contributed by atoms with Gasteiger partial charge in [0, 0.05) is 12.7 Å². The molecule has 0 aliphatic heterocycles. The molecule has 1 heterocycles. The molecule has 1 saturated carbocycles. The SMILES string of the molecule is Brc1ncccc1NCC1CCCCCC1. The third-order valence-electron chi connectivity index (χ3n) is 3.32. The van der Waals surface area contributed by atoms with E-state index in [1.54, 1.807) is 6.20 Å². The molecule has 1 aromatic rings. The van der Waals surface area contributed by atoms with Crippen molar-refractivity contribution in [1.82, 2.24) is 4.98 Å². The number of nitrogens with one attached hydrogen (secondary N) is 1. The molecule has 0 bridgehead atoms. The Kier molecular flexibility index (Phi) is 4.64. The number of nitrogens with zero attached hydrogens (tertiary/aromatic N) is 1. The van der Waals surface area contributed by atoms with Crippen LogP contribution in [0.1, 0.15) is 38.5 Å². The van der Waals surface area contributed by atoms with Crippen LogP contribution in [-0.2, 0) is 0 Å². The number of halogens is 1. The highest BCUT2D eigenvalue weighted by Gasteiger charge is 2.12. The molecule has 1 N–H and O–H groups in total. The van der Waals surface area contributed by atoms with E-state index in [0.717, 1.165) is 22.8 Å². The summed E-state index contributed by atoms with van der Waals surface area (Å²) < 4.78 is 0.920. The lowest BCUT2D eigenvalue weighted by Gasteiger charge is -2.16. The van der Waals surface area contributed by atoms with Gasteiger partial charge in [0.1, 0.15) is 4.60 Å². The zero-order valence-corrected chi connectivity index (χ0v) is 11.2. The molecule has 88 valence electrons. The smallest absolute Gasteiger partial charge is 0.129 e. The summed E-state index contributed by atoms with van der Waals surface area (Å²) >= 11 is 3.46. The first-order valence-electron chi connectivity index (χ1n) is 6.20. The predicted molar refractivity (Wildman–Crippen MR) is 71.6 cm³/mol. The molecule has 0 atom stereocenters. The fourth-order valence-corrected chi connectivity index (χ4v) is 2.73. The summed E-state index contributed by atoms with van der Waals surface area (Å²) in [5, 5.41) is 3.50. The fraction of sp³-hybridized carbons (Fsp3) is 0.615. The van der Waals surface area contributed by atoms with Crippen molar-refractivity contribution in [3.63, 3.8) is 0 Å². The minimum atomic E-state index is 0.842. The molecule has 2 nitrogen and oxygen atoms in total. The largest absolute Gasteiger partial charge is 0.383 e.